The molecule has 0 N–H and O–H groups in total. The molecule has 0 saturated carbocycles. The van der Waals surface area contributed by atoms with Gasteiger partial charge < -0.3 is 28.1 Å². The van der Waals surface area contributed by atoms with Crippen molar-refractivity contribution >= 4 is 17.8 Å². The lowest BCUT2D eigenvalue weighted by atomic mass is 10.2. The van der Waals surface area contributed by atoms with Gasteiger partial charge in [0.25, 0.3) is 11.8 Å². The number of rotatable bonds is 6. The van der Waals surface area contributed by atoms with Crippen molar-refractivity contribution in [3.8, 4) is 23.5 Å². The number of piperazine rings is 1. The molecule has 1 aliphatic heterocycles. The highest BCUT2D eigenvalue weighted by Crippen LogP contribution is 2.29. The molecule has 4 rings (SSSR count). The number of esters is 1. The number of amides is 1. The number of nitriles is 1. The lowest BCUT2D eigenvalue weighted by Gasteiger charge is -2.34. The SMILES string of the molecule is COc1ccc(C(=O)OCC(=O)N2CCN(c3oc(-c4ccco4)nc3C#N)CC2)c(F)c1. The molecule has 10 nitrogen and oxygen atoms in total. The van der Waals surface area contributed by atoms with Crippen molar-refractivity contribution in [2.24, 2.45) is 0 Å². The lowest BCUT2D eigenvalue weighted by Crippen LogP contribution is -2.50. The van der Waals surface area contributed by atoms with Crippen LogP contribution in [0.1, 0.15) is 16.1 Å². The molecule has 3 aromatic rings. The fourth-order valence-electron chi connectivity index (χ4n) is 3.35. The number of ether oxygens (including phenoxy) is 2. The van der Waals surface area contributed by atoms with Crippen molar-refractivity contribution < 1.29 is 32.3 Å². The highest BCUT2D eigenvalue weighted by atomic mass is 19.1. The predicted molar refractivity (Wildman–Crippen MR) is 111 cm³/mol. The Hall–Kier alpha value is -4.33. The maximum Gasteiger partial charge on any atom is 0.341 e. The molecule has 0 unspecified atom stereocenters. The molecule has 0 bridgehead atoms. The fraction of sp³-hybridized carbons (Fsp3) is 0.273. The Balaban J connectivity index is 1.32. The van der Waals surface area contributed by atoms with E-state index in [4.69, 9.17) is 18.3 Å². The van der Waals surface area contributed by atoms with Gasteiger partial charge in [-0.25, -0.2) is 9.18 Å². The average molecular weight is 454 g/mol. The Bertz CT molecular complexity index is 1190. The summed E-state index contributed by atoms with van der Waals surface area (Å²) in [4.78, 5) is 32.1. The van der Waals surface area contributed by atoms with Gasteiger partial charge in [0.15, 0.2) is 12.4 Å². The number of hydrogen-bond donors (Lipinski definition) is 0. The van der Waals surface area contributed by atoms with Gasteiger partial charge in [0.1, 0.15) is 17.6 Å². The molecule has 33 heavy (non-hydrogen) atoms. The van der Waals surface area contributed by atoms with E-state index in [9.17, 15) is 19.2 Å². The largest absolute Gasteiger partial charge is 0.497 e. The summed E-state index contributed by atoms with van der Waals surface area (Å²) in [5.74, 6) is -0.976. The number of oxazole rings is 1. The Morgan fingerprint density at radius 2 is 2.03 bits per heavy atom. The number of furan rings is 1. The van der Waals surface area contributed by atoms with Crippen molar-refractivity contribution in [1.29, 1.82) is 5.26 Å². The molecule has 0 spiro atoms. The monoisotopic (exact) mass is 454 g/mol. The van der Waals surface area contributed by atoms with Gasteiger partial charge >= 0.3 is 5.97 Å². The average Bonchev–Trinajstić information content (AvgIpc) is 3.52. The van der Waals surface area contributed by atoms with Crippen LogP contribution < -0.4 is 9.64 Å². The minimum absolute atomic E-state index is 0.122. The summed E-state index contributed by atoms with van der Waals surface area (Å²) >= 11 is 0. The third-order valence-corrected chi connectivity index (χ3v) is 5.09. The molecule has 3 heterocycles. The quantitative estimate of drug-likeness (QED) is 0.517. The van der Waals surface area contributed by atoms with Crippen LogP contribution in [0.5, 0.6) is 5.75 Å². The zero-order valence-corrected chi connectivity index (χ0v) is 17.6. The normalized spacial score (nSPS) is 13.5. The van der Waals surface area contributed by atoms with Gasteiger partial charge in [-0.15, -0.1) is 0 Å². The van der Waals surface area contributed by atoms with Crippen LogP contribution in [0.25, 0.3) is 11.7 Å². The van der Waals surface area contributed by atoms with E-state index >= 15 is 0 Å². The number of hydrogen-bond acceptors (Lipinski definition) is 9. The summed E-state index contributed by atoms with van der Waals surface area (Å²) in [6, 6.07) is 9.09. The number of carbonyl (C=O) groups is 2. The van der Waals surface area contributed by atoms with E-state index in [1.54, 1.807) is 17.0 Å². The zero-order valence-electron chi connectivity index (χ0n) is 17.6. The summed E-state index contributed by atoms with van der Waals surface area (Å²) in [5.41, 5.74) is -0.160. The van der Waals surface area contributed by atoms with Crippen molar-refractivity contribution in [2.45, 2.75) is 0 Å². The molecular weight excluding hydrogens is 435 g/mol. The van der Waals surface area contributed by atoms with E-state index in [2.05, 4.69) is 4.98 Å². The van der Waals surface area contributed by atoms with Crippen molar-refractivity contribution in [1.82, 2.24) is 9.88 Å². The van der Waals surface area contributed by atoms with E-state index in [0.29, 0.717) is 37.8 Å². The minimum atomic E-state index is -0.937. The second-order valence-corrected chi connectivity index (χ2v) is 7.05. The Labute approximate surface area is 187 Å². The Morgan fingerprint density at radius 1 is 1.24 bits per heavy atom. The Morgan fingerprint density at radius 3 is 2.67 bits per heavy atom. The molecule has 1 aromatic carbocycles. The number of aromatic nitrogens is 1. The topological polar surface area (TPSA) is 122 Å². The number of anilines is 1. The maximum absolute atomic E-state index is 14.0. The smallest absolute Gasteiger partial charge is 0.341 e. The highest BCUT2D eigenvalue weighted by molar-refractivity contribution is 5.91. The lowest BCUT2D eigenvalue weighted by molar-refractivity contribution is -0.134. The molecule has 0 atom stereocenters. The third-order valence-electron chi connectivity index (χ3n) is 5.09. The summed E-state index contributed by atoms with van der Waals surface area (Å²) in [7, 11) is 1.38. The molecule has 11 heteroatoms. The van der Waals surface area contributed by atoms with E-state index in [1.807, 2.05) is 6.07 Å². The van der Waals surface area contributed by atoms with Crippen LogP contribution in [0.4, 0.5) is 10.3 Å². The van der Waals surface area contributed by atoms with Crippen LogP contribution in [0.2, 0.25) is 0 Å². The minimum Gasteiger partial charge on any atom is -0.497 e. The van der Waals surface area contributed by atoms with E-state index in [1.165, 1.54) is 30.4 Å². The van der Waals surface area contributed by atoms with Gasteiger partial charge in [0.2, 0.25) is 11.6 Å². The van der Waals surface area contributed by atoms with Crippen molar-refractivity contribution in [2.75, 3.05) is 44.8 Å². The van der Waals surface area contributed by atoms with Gasteiger partial charge in [0, 0.05) is 32.2 Å². The fourth-order valence-corrected chi connectivity index (χ4v) is 3.35. The zero-order chi connectivity index (χ0) is 23.4. The molecule has 1 saturated heterocycles. The first-order valence-corrected chi connectivity index (χ1v) is 9.98. The predicted octanol–water partition coefficient (Wildman–Crippen LogP) is 2.46. The van der Waals surface area contributed by atoms with Crippen molar-refractivity contribution in [3.63, 3.8) is 0 Å². The van der Waals surface area contributed by atoms with Crippen LogP contribution in [0.15, 0.2) is 45.4 Å². The number of carbonyl (C=O) groups excluding carboxylic acids is 2. The second-order valence-electron chi connectivity index (χ2n) is 7.05. The molecule has 1 aliphatic rings. The molecule has 1 amide bonds. The molecular formula is C22H19FN4O6. The van der Waals surface area contributed by atoms with Gasteiger partial charge in [-0.3, -0.25) is 4.79 Å². The number of methoxy groups -OCH3 is 1. The van der Waals surface area contributed by atoms with Gasteiger partial charge in [-0.05, 0) is 24.3 Å². The Kier molecular flexibility index (Phi) is 6.26. The van der Waals surface area contributed by atoms with Crippen LogP contribution in [-0.2, 0) is 9.53 Å². The molecule has 170 valence electrons. The van der Waals surface area contributed by atoms with Crippen LogP contribution in [-0.4, -0.2) is 61.7 Å². The number of halogens is 1. The van der Waals surface area contributed by atoms with Gasteiger partial charge in [-0.1, -0.05) is 0 Å². The number of nitrogens with zero attached hydrogens (tertiary/aromatic N) is 4. The molecule has 2 aromatic heterocycles. The van der Waals surface area contributed by atoms with Crippen LogP contribution in [0, 0.1) is 17.1 Å². The summed E-state index contributed by atoms with van der Waals surface area (Å²) in [6.45, 7) is 0.880. The highest BCUT2D eigenvalue weighted by Gasteiger charge is 2.27. The van der Waals surface area contributed by atoms with Gasteiger partial charge in [-0.2, -0.15) is 10.2 Å². The second kappa shape index (κ2) is 9.44. The number of benzene rings is 1. The molecule has 0 radical (unpaired) electrons. The van der Waals surface area contributed by atoms with Gasteiger partial charge in [0.05, 0.1) is 18.9 Å². The first-order chi connectivity index (χ1) is 16.0. The maximum atomic E-state index is 14.0. The summed E-state index contributed by atoms with van der Waals surface area (Å²) in [5, 5.41) is 9.39. The first-order valence-electron chi connectivity index (χ1n) is 9.98. The molecule has 0 aliphatic carbocycles. The van der Waals surface area contributed by atoms with E-state index in [-0.39, 0.29) is 22.9 Å². The first kappa shape index (κ1) is 21.9. The van der Waals surface area contributed by atoms with E-state index in [0.717, 1.165) is 6.07 Å². The van der Waals surface area contributed by atoms with Crippen LogP contribution in [0.3, 0.4) is 0 Å². The third kappa shape index (κ3) is 4.64. The van der Waals surface area contributed by atoms with Crippen LogP contribution >= 0.6 is 0 Å². The summed E-state index contributed by atoms with van der Waals surface area (Å²) < 4.78 is 34.9. The molecule has 1 fully saturated rings. The van der Waals surface area contributed by atoms with Crippen molar-refractivity contribution in [3.05, 3.63) is 53.7 Å². The standard InChI is InChI=1S/C22H19FN4O6/c1-30-14-4-5-15(16(23)11-14)22(29)32-13-19(28)26-6-8-27(9-7-26)21-17(12-24)25-20(33-21)18-3-2-10-31-18/h2-5,10-11H,6-9,13H2,1H3. The van der Waals surface area contributed by atoms with E-state index < -0.39 is 24.3 Å². The summed E-state index contributed by atoms with van der Waals surface area (Å²) in [6.07, 6.45) is 1.48.